The molecule has 3 nitrogen and oxygen atoms in total. The van der Waals surface area contributed by atoms with Crippen molar-refractivity contribution in [2.45, 2.75) is 18.9 Å². The summed E-state index contributed by atoms with van der Waals surface area (Å²) >= 11 is 0. The molecule has 0 spiro atoms. The number of hydrogen-bond donors (Lipinski definition) is 2. The van der Waals surface area contributed by atoms with E-state index in [1.165, 1.54) is 24.3 Å². The summed E-state index contributed by atoms with van der Waals surface area (Å²) in [7, 11) is 0. The minimum Gasteiger partial charge on any atom is -0.393 e. The van der Waals surface area contributed by atoms with Crippen molar-refractivity contribution in [2.24, 2.45) is 0 Å². The van der Waals surface area contributed by atoms with Crippen molar-refractivity contribution in [1.82, 2.24) is 4.98 Å². The van der Waals surface area contributed by atoms with Gasteiger partial charge in [-0.1, -0.05) is 0 Å². The summed E-state index contributed by atoms with van der Waals surface area (Å²) in [5, 5.41) is 10.3. The lowest BCUT2D eigenvalue weighted by Gasteiger charge is -2.15. The highest BCUT2D eigenvalue weighted by Gasteiger charge is 2.08. The standard InChI is InChI=1S/C12H7F2N.C5H10O2/c13-7-1-3-11-9(5-7)10-6-8(14)2-4-12(10)15-11;6-5-1-3-7-4-2-5/h1-6,15H;5-6H,1-4H2. The maximum Gasteiger partial charge on any atom is 0.123 e. The van der Waals surface area contributed by atoms with Gasteiger partial charge in [-0.25, -0.2) is 8.78 Å². The zero-order valence-corrected chi connectivity index (χ0v) is 12.0. The maximum atomic E-state index is 13.0. The second-order valence-corrected chi connectivity index (χ2v) is 5.35. The quantitative estimate of drug-likeness (QED) is 0.664. The highest BCUT2D eigenvalue weighted by atomic mass is 19.1. The predicted molar refractivity (Wildman–Crippen MR) is 81.8 cm³/mol. The third kappa shape index (κ3) is 3.26. The second-order valence-electron chi connectivity index (χ2n) is 5.35. The Hall–Kier alpha value is -1.98. The van der Waals surface area contributed by atoms with E-state index in [9.17, 15) is 8.78 Å². The minimum absolute atomic E-state index is 0.0891. The number of aromatic amines is 1. The molecule has 1 aromatic heterocycles. The molecule has 0 unspecified atom stereocenters. The summed E-state index contributed by atoms with van der Waals surface area (Å²) in [5.74, 6) is -0.625. The fourth-order valence-corrected chi connectivity index (χ4v) is 2.53. The molecule has 0 atom stereocenters. The second kappa shape index (κ2) is 6.42. The van der Waals surface area contributed by atoms with Crippen LogP contribution in [-0.4, -0.2) is 29.4 Å². The molecular weight excluding hydrogens is 288 g/mol. The number of aliphatic hydroxyl groups is 1. The smallest absolute Gasteiger partial charge is 0.123 e. The van der Waals surface area contributed by atoms with Crippen LogP contribution < -0.4 is 0 Å². The summed E-state index contributed by atoms with van der Waals surface area (Å²) in [6, 6.07) is 8.90. The molecule has 116 valence electrons. The van der Waals surface area contributed by atoms with Gasteiger partial charge in [0.1, 0.15) is 11.6 Å². The summed E-state index contributed by atoms with van der Waals surface area (Å²) < 4.78 is 31.0. The molecule has 0 bridgehead atoms. The van der Waals surface area contributed by atoms with Crippen molar-refractivity contribution in [1.29, 1.82) is 0 Å². The third-order valence-electron chi connectivity index (χ3n) is 3.71. The number of H-pyrrole nitrogens is 1. The van der Waals surface area contributed by atoms with Gasteiger partial charge in [-0.05, 0) is 49.2 Å². The van der Waals surface area contributed by atoms with Gasteiger partial charge in [0.25, 0.3) is 0 Å². The third-order valence-corrected chi connectivity index (χ3v) is 3.71. The van der Waals surface area contributed by atoms with Crippen molar-refractivity contribution in [2.75, 3.05) is 13.2 Å². The Labute approximate surface area is 126 Å². The van der Waals surface area contributed by atoms with Gasteiger partial charge in [0, 0.05) is 35.0 Å². The first kappa shape index (κ1) is 14.9. The molecule has 22 heavy (non-hydrogen) atoms. The Morgan fingerprint density at radius 1 is 0.909 bits per heavy atom. The number of halogens is 2. The molecule has 3 aromatic rings. The van der Waals surface area contributed by atoms with Gasteiger partial charge in [0.2, 0.25) is 0 Å². The summed E-state index contributed by atoms with van der Waals surface area (Å²) in [6.45, 7) is 1.47. The number of fused-ring (bicyclic) bond motifs is 3. The van der Waals surface area contributed by atoms with Crippen LogP contribution in [0.15, 0.2) is 36.4 Å². The molecule has 2 N–H and O–H groups in total. The Bertz CT molecular complexity index is 723. The average molecular weight is 305 g/mol. The fraction of sp³-hybridized carbons (Fsp3) is 0.294. The Morgan fingerprint density at radius 3 is 1.82 bits per heavy atom. The molecule has 1 aliphatic heterocycles. The van der Waals surface area contributed by atoms with E-state index >= 15 is 0 Å². The number of benzene rings is 2. The first-order chi connectivity index (χ1) is 10.6. The molecular formula is C17H17F2NO2. The van der Waals surface area contributed by atoms with Crippen LogP contribution in [0, 0.1) is 11.6 Å². The lowest BCUT2D eigenvalue weighted by atomic mass is 10.1. The number of nitrogens with one attached hydrogen (secondary N) is 1. The Balaban J connectivity index is 0.000000174. The van der Waals surface area contributed by atoms with Crippen LogP contribution >= 0.6 is 0 Å². The molecule has 2 aromatic carbocycles. The van der Waals surface area contributed by atoms with Crippen LogP contribution in [0.5, 0.6) is 0 Å². The number of hydrogen-bond acceptors (Lipinski definition) is 2. The van der Waals surface area contributed by atoms with Gasteiger partial charge >= 0.3 is 0 Å². The molecule has 2 heterocycles. The van der Waals surface area contributed by atoms with Crippen LogP contribution in [0.1, 0.15) is 12.8 Å². The zero-order valence-electron chi connectivity index (χ0n) is 12.0. The summed E-state index contributed by atoms with van der Waals surface area (Å²) in [5.41, 5.74) is 1.63. The lowest BCUT2D eigenvalue weighted by molar-refractivity contribution is 0.0140. The van der Waals surface area contributed by atoms with Crippen molar-refractivity contribution in [3.05, 3.63) is 48.0 Å². The fourth-order valence-electron chi connectivity index (χ4n) is 2.53. The van der Waals surface area contributed by atoms with Gasteiger partial charge in [0.05, 0.1) is 6.10 Å². The van der Waals surface area contributed by atoms with E-state index in [1.807, 2.05) is 0 Å². The molecule has 0 radical (unpaired) electrons. The van der Waals surface area contributed by atoms with E-state index in [0.29, 0.717) is 10.8 Å². The highest BCUT2D eigenvalue weighted by molar-refractivity contribution is 6.07. The van der Waals surface area contributed by atoms with E-state index in [1.54, 1.807) is 12.1 Å². The van der Waals surface area contributed by atoms with Gasteiger partial charge in [-0.15, -0.1) is 0 Å². The van der Waals surface area contributed by atoms with Crippen molar-refractivity contribution in [3.8, 4) is 0 Å². The number of rotatable bonds is 0. The van der Waals surface area contributed by atoms with Crippen LogP contribution in [-0.2, 0) is 4.74 Å². The molecule has 0 aliphatic carbocycles. The monoisotopic (exact) mass is 305 g/mol. The molecule has 0 amide bonds. The predicted octanol–water partition coefficient (Wildman–Crippen LogP) is 3.76. The summed E-state index contributed by atoms with van der Waals surface area (Å²) in [4.78, 5) is 3.10. The average Bonchev–Trinajstić information content (AvgIpc) is 2.86. The normalized spacial score (nSPS) is 15.8. The Kier molecular flexibility index (Phi) is 4.36. The van der Waals surface area contributed by atoms with Crippen molar-refractivity contribution >= 4 is 21.8 Å². The van der Waals surface area contributed by atoms with Gasteiger partial charge in [-0.3, -0.25) is 0 Å². The van der Waals surface area contributed by atoms with Crippen LogP contribution in [0.4, 0.5) is 8.78 Å². The molecule has 0 saturated carbocycles. The van der Waals surface area contributed by atoms with E-state index in [-0.39, 0.29) is 17.7 Å². The Morgan fingerprint density at radius 2 is 1.41 bits per heavy atom. The lowest BCUT2D eigenvalue weighted by Crippen LogP contribution is -2.19. The van der Waals surface area contributed by atoms with E-state index < -0.39 is 0 Å². The van der Waals surface area contributed by atoms with Crippen LogP contribution in [0.2, 0.25) is 0 Å². The van der Waals surface area contributed by atoms with Gasteiger partial charge < -0.3 is 14.8 Å². The first-order valence-corrected chi connectivity index (χ1v) is 7.26. The zero-order chi connectivity index (χ0) is 15.5. The molecule has 4 rings (SSSR count). The van der Waals surface area contributed by atoms with Gasteiger partial charge in [-0.2, -0.15) is 0 Å². The van der Waals surface area contributed by atoms with Gasteiger partial charge in [0.15, 0.2) is 0 Å². The minimum atomic E-state index is -0.312. The maximum absolute atomic E-state index is 13.0. The van der Waals surface area contributed by atoms with Crippen LogP contribution in [0.3, 0.4) is 0 Å². The topological polar surface area (TPSA) is 45.2 Å². The van der Waals surface area contributed by atoms with E-state index in [0.717, 1.165) is 37.1 Å². The first-order valence-electron chi connectivity index (χ1n) is 7.26. The number of ether oxygens (including phenoxy) is 1. The molecule has 1 fully saturated rings. The number of aliphatic hydroxyl groups excluding tert-OH is 1. The number of aromatic nitrogens is 1. The summed E-state index contributed by atoms with van der Waals surface area (Å²) in [6.07, 6.45) is 1.55. The highest BCUT2D eigenvalue weighted by Crippen LogP contribution is 2.26. The van der Waals surface area contributed by atoms with Crippen molar-refractivity contribution < 1.29 is 18.6 Å². The van der Waals surface area contributed by atoms with E-state index in [4.69, 9.17) is 9.84 Å². The molecule has 1 aliphatic rings. The largest absolute Gasteiger partial charge is 0.393 e. The van der Waals surface area contributed by atoms with E-state index in [2.05, 4.69) is 4.98 Å². The van der Waals surface area contributed by atoms with Crippen LogP contribution in [0.25, 0.3) is 21.8 Å². The SMILES string of the molecule is Fc1ccc2[nH]c3ccc(F)cc3c2c1.OC1CCOCC1. The molecule has 1 saturated heterocycles. The van der Waals surface area contributed by atoms with Crippen molar-refractivity contribution in [3.63, 3.8) is 0 Å². The molecule has 5 heteroatoms.